The molecule has 0 radical (unpaired) electrons. The van der Waals surface area contributed by atoms with E-state index in [0.29, 0.717) is 6.61 Å². The molecule has 1 aromatic carbocycles. The van der Waals surface area contributed by atoms with Gasteiger partial charge in [-0.2, -0.15) is 0 Å². The van der Waals surface area contributed by atoms with Crippen molar-refractivity contribution >= 4 is 29.3 Å². The first-order valence-electron chi connectivity index (χ1n) is 5.97. The Morgan fingerprint density at radius 3 is 2.89 bits per heavy atom. The van der Waals surface area contributed by atoms with E-state index in [-0.39, 0.29) is 11.3 Å². The summed E-state index contributed by atoms with van der Waals surface area (Å²) in [5, 5.41) is 0.567. The molecule has 1 unspecified atom stereocenters. The molecule has 0 aliphatic carbocycles. The third-order valence-corrected chi connectivity index (χ3v) is 4.25. The predicted octanol–water partition coefficient (Wildman–Crippen LogP) is 2.78. The largest absolute Gasteiger partial charge is 0.464 e. The third-order valence-electron chi connectivity index (χ3n) is 2.77. The van der Waals surface area contributed by atoms with Crippen molar-refractivity contribution in [1.82, 2.24) is 4.90 Å². The Hall–Kier alpha value is -0.710. The average molecular weight is 286 g/mol. The molecule has 2 rings (SSSR count). The number of hydrogen-bond donors (Lipinski definition) is 0. The Morgan fingerprint density at radius 2 is 2.22 bits per heavy atom. The molecule has 1 aliphatic rings. The van der Waals surface area contributed by atoms with Crippen LogP contribution in [0.1, 0.15) is 12.5 Å². The molecule has 0 saturated carbocycles. The highest BCUT2D eigenvalue weighted by atomic mass is 35.5. The number of halogens is 1. The van der Waals surface area contributed by atoms with E-state index in [1.807, 2.05) is 31.2 Å². The Morgan fingerprint density at radius 1 is 1.50 bits per heavy atom. The van der Waals surface area contributed by atoms with E-state index in [9.17, 15) is 4.79 Å². The number of hydrogen-bond acceptors (Lipinski definition) is 4. The van der Waals surface area contributed by atoms with Crippen LogP contribution in [0.2, 0.25) is 5.02 Å². The maximum Gasteiger partial charge on any atom is 0.333 e. The molecule has 1 heterocycles. The monoisotopic (exact) mass is 285 g/mol. The second kappa shape index (κ2) is 6.45. The molecule has 98 valence electrons. The fourth-order valence-corrected chi connectivity index (χ4v) is 3.21. The van der Waals surface area contributed by atoms with Crippen molar-refractivity contribution in [2.45, 2.75) is 18.8 Å². The van der Waals surface area contributed by atoms with Gasteiger partial charge in [0, 0.05) is 23.9 Å². The van der Waals surface area contributed by atoms with Gasteiger partial charge in [0.05, 0.1) is 6.61 Å². The van der Waals surface area contributed by atoms with Crippen LogP contribution < -0.4 is 0 Å². The molecule has 0 bridgehead atoms. The summed E-state index contributed by atoms with van der Waals surface area (Å²) in [5.74, 6) is 0.839. The van der Waals surface area contributed by atoms with Crippen LogP contribution in [0.4, 0.5) is 0 Å². The van der Waals surface area contributed by atoms with Crippen LogP contribution in [0, 0.1) is 0 Å². The van der Waals surface area contributed by atoms with E-state index >= 15 is 0 Å². The number of rotatable bonds is 4. The first-order valence-corrected chi connectivity index (χ1v) is 7.40. The van der Waals surface area contributed by atoms with E-state index in [4.69, 9.17) is 16.3 Å². The van der Waals surface area contributed by atoms with Crippen LogP contribution >= 0.6 is 23.4 Å². The Bertz CT molecular complexity index is 410. The number of carbonyl (C=O) groups excluding carboxylic acids is 1. The zero-order chi connectivity index (χ0) is 13.0. The van der Waals surface area contributed by atoms with Crippen LogP contribution in [0.15, 0.2) is 24.3 Å². The van der Waals surface area contributed by atoms with Gasteiger partial charge in [-0.05, 0) is 24.6 Å². The van der Waals surface area contributed by atoms with Crippen molar-refractivity contribution in [3.8, 4) is 0 Å². The lowest BCUT2D eigenvalue weighted by atomic mass is 10.2. The Labute approximate surface area is 116 Å². The molecule has 1 fully saturated rings. The number of carbonyl (C=O) groups is 1. The van der Waals surface area contributed by atoms with Crippen LogP contribution in [0.25, 0.3) is 0 Å². The fourth-order valence-electron chi connectivity index (χ4n) is 1.92. The molecule has 0 N–H and O–H groups in total. The summed E-state index contributed by atoms with van der Waals surface area (Å²) in [6.07, 6.45) is 0. The first-order chi connectivity index (χ1) is 8.70. The van der Waals surface area contributed by atoms with E-state index in [0.717, 1.165) is 29.4 Å². The lowest BCUT2D eigenvalue weighted by molar-refractivity contribution is -0.145. The molecule has 1 aliphatic heterocycles. The van der Waals surface area contributed by atoms with Crippen LogP contribution in [0.3, 0.4) is 0 Å². The molecule has 1 saturated heterocycles. The number of thioether (sulfide) groups is 1. The van der Waals surface area contributed by atoms with E-state index in [2.05, 4.69) is 4.90 Å². The predicted molar refractivity (Wildman–Crippen MR) is 74.7 cm³/mol. The average Bonchev–Trinajstić information content (AvgIpc) is 2.81. The van der Waals surface area contributed by atoms with Crippen molar-refractivity contribution in [2.75, 3.05) is 18.9 Å². The smallest absolute Gasteiger partial charge is 0.333 e. The SMILES string of the molecule is CCOC(=O)C1SCCN1Cc1ccc(Cl)cc1. The zero-order valence-corrected chi connectivity index (χ0v) is 11.8. The number of esters is 1. The number of ether oxygens (including phenoxy) is 1. The molecule has 0 spiro atoms. The summed E-state index contributed by atoms with van der Waals surface area (Å²) in [6, 6.07) is 7.74. The third kappa shape index (κ3) is 3.40. The van der Waals surface area contributed by atoms with Gasteiger partial charge in [-0.3, -0.25) is 4.90 Å². The molecule has 0 aromatic heterocycles. The summed E-state index contributed by atoms with van der Waals surface area (Å²) in [6.45, 7) is 3.94. The van der Waals surface area contributed by atoms with Gasteiger partial charge in [0.15, 0.2) is 5.37 Å². The van der Waals surface area contributed by atoms with Gasteiger partial charge in [-0.15, -0.1) is 11.8 Å². The van der Waals surface area contributed by atoms with Crippen molar-refractivity contribution in [3.05, 3.63) is 34.9 Å². The molecule has 0 amide bonds. The van der Waals surface area contributed by atoms with E-state index in [1.54, 1.807) is 11.8 Å². The first kappa shape index (κ1) is 13.7. The molecular formula is C13H16ClNO2S. The molecule has 18 heavy (non-hydrogen) atoms. The van der Waals surface area contributed by atoms with Gasteiger partial charge in [0.1, 0.15) is 0 Å². The highest BCUT2D eigenvalue weighted by Crippen LogP contribution is 2.26. The lowest BCUT2D eigenvalue weighted by Gasteiger charge is -2.21. The second-order valence-corrected chi connectivity index (χ2v) is 5.70. The molecule has 1 atom stereocenters. The summed E-state index contributed by atoms with van der Waals surface area (Å²) >= 11 is 7.50. The highest BCUT2D eigenvalue weighted by Gasteiger charge is 2.32. The maximum absolute atomic E-state index is 11.8. The summed E-state index contributed by atoms with van der Waals surface area (Å²) in [5.41, 5.74) is 1.16. The van der Waals surface area contributed by atoms with Crippen LogP contribution in [0.5, 0.6) is 0 Å². The molecule has 5 heteroatoms. The minimum Gasteiger partial charge on any atom is -0.464 e. The molecular weight excluding hydrogens is 270 g/mol. The van der Waals surface area contributed by atoms with Crippen LogP contribution in [-0.4, -0.2) is 35.1 Å². The van der Waals surface area contributed by atoms with Crippen molar-refractivity contribution < 1.29 is 9.53 Å². The topological polar surface area (TPSA) is 29.5 Å². The van der Waals surface area contributed by atoms with Gasteiger partial charge >= 0.3 is 5.97 Å². The zero-order valence-electron chi connectivity index (χ0n) is 10.3. The summed E-state index contributed by atoms with van der Waals surface area (Å²) < 4.78 is 5.09. The number of benzene rings is 1. The minimum absolute atomic E-state index is 0.131. The van der Waals surface area contributed by atoms with Crippen LogP contribution in [-0.2, 0) is 16.1 Å². The minimum atomic E-state index is -0.166. The molecule has 3 nitrogen and oxygen atoms in total. The van der Waals surface area contributed by atoms with Gasteiger partial charge in [-0.1, -0.05) is 23.7 Å². The van der Waals surface area contributed by atoms with Gasteiger partial charge in [0.25, 0.3) is 0 Å². The normalized spacial score (nSPS) is 20.0. The summed E-state index contributed by atoms with van der Waals surface area (Å²) in [7, 11) is 0. The Kier molecular flexibility index (Phi) is 4.92. The van der Waals surface area contributed by atoms with Crippen molar-refractivity contribution in [3.63, 3.8) is 0 Å². The van der Waals surface area contributed by atoms with Gasteiger partial charge in [-0.25, -0.2) is 4.79 Å². The lowest BCUT2D eigenvalue weighted by Crippen LogP contribution is -2.35. The van der Waals surface area contributed by atoms with Gasteiger partial charge < -0.3 is 4.74 Å². The van der Waals surface area contributed by atoms with E-state index in [1.165, 1.54) is 0 Å². The second-order valence-electron chi connectivity index (χ2n) is 4.07. The molecule has 1 aromatic rings. The number of nitrogens with zero attached hydrogens (tertiary/aromatic N) is 1. The maximum atomic E-state index is 11.8. The Balaban J connectivity index is 1.99. The summed E-state index contributed by atoms with van der Waals surface area (Å²) in [4.78, 5) is 13.9. The fraction of sp³-hybridized carbons (Fsp3) is 0.462. The highest BCUT2D eigenvalue weighted by molar-refractivity contribution is 8.00. The van der Waals surface area contributed by atoms with Crippen molar-refractivity contribution in [2.24, 2.45) is 0 Å². The standard InChI is InChI=1S/C13H16ClNO2S/c1-2-17-13(16)12-15(7-8-18-12)9-10-3-5-11(14)6-4-10/h3-6,12H,2,7-9H2,1H3. The van der Waals surface area contributed by atoms with Gasteiger partial charge in [0.2, 0.25) is 0 Å². The van der Waals surface area contributed by atoms with Crippen molar-refractivity contribution in [1.29, 1.82) is 0 Å². The quantitative estimate of drug-likeness (QED) is 0.796. The van der Waals surface area contributed by atoms with E-state index < -0.39 is 0 Å².